The maximum atomic E-state index is 12.5. The monoisotopic (exact) mass is 367 g/mol. The number of rotatable bonds is 6. The maximum Gasteiger partial charge on any atom is 0.243 e. The van der Waals surface area contributed by atoms with Crippen LogP contribution < -0.4 is 0 Å². The number of hydrogen-bond donors (Lipinski definition) is 0. The summed E-state index contributed by atoms with van der Waals surface area (Å²) in [6.45, 7) is 6.97. The fourth-order valence-electron chi connectivity index (χ4n) is 1.66. The maximum absolute atomic E-state index is 12.5. The molecule has 0 N–H and O–H groups in total. The van der Waals surface area contributed by atoms with Crippen LogP contribution in [0.15, 0.2) is 27.6 Å². The zero-order valence-electron chi connectivity index (χ0n) is 11.4. The molecular weight excluding hydrogens is 350 g/mol. The Labute approximate surface area is 129 Å². The van der Waals surface area contributed by atoms with Crippen molar-refractivity contribution in [3.63, 3.8) is 0 Å². The zero-order valence-corrected chi connectivity index (χ0v) is 14.5. The molecule has 6 heteroatoms. The van der Waals surface area contributed by atoms with E-state index in [1.54, 1.807) is 18.2 Å². The average Bonchev–Trinajstić information content (AvgIpc) is 2.38. The minimum Gasteiger partial charge on any atom is -0.207 e. The average molecular weight is 369 g/mol. The molecule has 0 saturated carbocycles. The highest BCUT2D eigenvalue weighted by Gasteiger charge is 2.24. The van der Waals surface area contributed by atoms with Crippen molar-refractivity contribution in [1.82, 2.24) is 4.31 Å². The molecule has 0 amide bonds. The molecule has 0 spiro atoms. The Bertz CT molecular complexity index is 533. The molecule has 0 aliphatic heterocycles. The highest BCUT2D eigenvalue weighted by molar-refractivity contribution is 9.10. The Morgan fingerprint density at radius 1 is 1.37 bits per heavy atom. The van der Waals surface area contributed by atoms with E-state index in [0.717, 1.165) is 6.42 Å². The summed E-state index contributed by atoms with van der Waals surface area (Å²) in [6, 6.07) is 4.69. The van der Waals surface area contributed by atoms with Gasteiger partial charge in [0.15, 0.2) is 0 Å². The largest absolute Gasteiger partial charge is 0.243 e. The molecular formula is C13H19BrClNO2S. The Morgan fingerprint density at radius 2 is 2.00 bits per heavy atom. The van der Waals surface area contributed by atoms with Crippen molar-refractivity contribution in [2.45, 2.75) is 32.1 Å². The number of benzene rings is 1. The van der Waals surface area contributed by atoms with Crippen LogP contribution in [0, 0.1) is 5.92 Å². The van der Waals surface area contributed by atoms with Crippen LogP contribution in [0.4, 0.5) is 0 Å². The van der Waals surface area contributed by atoms with Crippen molar-refractivity contribution >= 4 is 37.6 Å². The molecule has 1 aromatic rings. The molecule has 1 atom stereocenters. The van der Waals surface area contributed by atoms with Crippen molar-refractivity contribution in [2.75, 3.05) is 13.1 Å². The first-order valence-electron chi connectivity index (χ1n) is 6.28. The van der Waals surface area contributed by atoms with Crippen molar-refractivity contribution in [3.05, 3.63) is 27.7 Å². The molecule has 1 unspecified atom stereocenters. The summed E-state index contributed by atoms with van der Waals surface area (Å²) >= 11 is 9.15. The molecule has 0 radical (unpaired) electrons. The van der Waals surface area contributed by atoms with Gasteiger partial charge in [0.2, 0.25) is 10.0 Å². The minimum absolute atomic E-state index is 0.272. The van der Waals surface area contributed by atoms with Crippen molar-refractivity contribution < 1.29 is 8.42 Å². The van der Waals surface area contributed by atoms with Gasteiger partial charge in [-0.25, -0.2) is 8.42 Å². The molecule has 108 valence electrons. The third-order valence-corrected chi connectivity index (χ3v) is 6.24. The van der Waals surface area contributed by atoms with E-state index in [2.05, 4.69) is 29.8 Å². The molecule has 0 bridgehead atoms. The van der Waals surface area contributed by atoms with E-state index in [1.807, 2.05) is 6.92 Å². The van der Waals surface area contributed by atoms with Crippen LogP contribution in [0.3, 0.4) is 0 Å². The molecule has 19 heavy (non-hydrogen) atoms. The summed E-state index contributed by atoms with van der Waals surface area (Å²) in [4.78, 5) is 0.272. The van der Waals surface area contributed by atoms with Crippen molar-refractivity contribution in [3.8, 4) is 0 Å². The zero-order chi connectivity index (χ0) is 14.6. The van der Waals surface area contributed by atoms with Gasteiger partial charge in [0.05, 0.1) is 9.92 Å². The molecule has 0 aliphatic carbocycles. The number of halogens is 2. The second kappa shape index (κ2) is 7.07. The Hall–Kier alpha value is -0.100. The summed E-state index contributed by atoms with van der Waals surface area (Å²) in [5.74, 6) is 0.338. The highest BCUT2D eigenvalue weighted by Crippen LogP contribution is 2.27. The summed E-state index contributed by atoms with van der Waals surface area (Å²) < 4.78 is 27.2. The van der Waals surface area contributed by atoms with Gasteiger partial charge in [-0.05, 0) is 40.0 Å². The fraction of sp³-hybridized carbons (Fsp3) is 0.538. The predicted molar refractivity (Wildman–Crippen MR) is 83.0 cm³/mol. The van der Waals surface area contributed by atoms with Gasteiger partial charge in [0, 0.05) is 17.6 Å². The van der Waals surface area contributed by atoms with E-state index < -0.39 is 10.0 Å². The van der Waals surface area contributed by atoms with Gasteiger partial charge >= 0.3 is 0 Å². The van der Waals surface area contributed by atoms with Crippen LogP contribution in [0.1, 0.15) is 27.2 Å². The van der Waals surface area contributed by atoms with Gasteiger partial charge in [-0.3, -0.25) is 0 Å². The van der Waals surface area contributed by atoms with Gasteiger partial charge in [0.25, 0.3) is 0 Å². The van der Waals surface area contributed by atoms with Gasteiger partial charge in [-0.15, -0.1) is 0 Å². The van der Waals surface area contributed by atoms with Crippen LogP contribution in [-0.4, -0.2) is 25.8 Å². The lowest BCUT2D eigenvalue weighted by atomic mass is 10.1. The number of nitrogens with zero attached hydrogens (tertiary/aromatic N) is 1. The summed E-state index contributed by atoms with van der Waals surface area (Å²) in [5, 5.41) is 0.504. The first-order chi connectivity index (χ1) is 8.82. The molecule has 0 saturated heterocycles. The van der Waals surface area contributed by atoms with E-state index in [-0.39, 0.29) is 4.90 Å². The minimum atomic E-state index is -3.45. The van der Waals surface area contributed by atoms with E-state index in [1.165, 1.54) is 4.31 Å². The summed E-state index contributed by atoms with van der Waals surface area (Å²) in [5.41, 5.74) is 0. The standard InChI is InChI=1S/C13H19BrClNO2S/c1-4-10(3)9-16(5-2)19(17,18)11-6-7-13(15)12(14)8-11/h6-8,10H,4-5,9H2,1-3H3. The quantitative estimate of drug-likeness (QED) is 0.756. The van der Waals surface area contributed by atoms with Crippen LogP contribution >= 0.6 is 27.5 Å². The third kappa shape index (κ3) is 4.18. The molecule has 3 nitrogen and oxygen atoms in total. The van der Waals surface area contributed by atoms with Crippen molar-refractivity contribution in [1.29, 1.82) is 0 Å². The van der Waals surface area contributed by atoms with E-state index in [9.17, 15) is 8.42 Å². The highest BCUT2D eigenvalue weighted by atomic mass is 79.9. The predicted octanol–water partition coefficient (Wildman–Crippen LogP) is 4.16. The third-order valence-electron chi connectivity index (χ3n) is 3.09. The summed E-state index contributed by atoms with van der Waals surface area (Å²) in [6.07, 6.45) is 0.955. The SMILES string of the molecule is CCC(C)CN(CC)S(=O)(=O)c1ccc(Cl)c(Br)c1. The lowest BCUT2D eigenvalue weighted by Crippen LogP contribution is -2.34. The molecule has 0 fully saturated rings. The lowest BCUT2D eigenvalue weighted by molar-refractivity contribution is 0.361. The molecule has 0 aliphatic rings. The van der Waals surface area contributed by atoms with Crippen LogP contribution in [0.25, 0.3) is 0 Å². The van der Waals surface area contributed by atoms with E-state index >= 15 is 0 Å². The smallest absolute Gasteiger partial charge is 0.207 e. The first-order valence-corrected chi connectivity index (χ1v) is 8.89. The normalized spacial score (nSPS) is 13.8. The van der Waals surface area contributed by atoms with Crippen LogP contribution in [-0.2, 0) is 10.0 Å². The topological polar surface area (TPSA) is 37.4 Å². The fourth-order valence-corrected chi connectivity index (χ4v) is 3.90. The first kappa shape index (κ1) is 17.0. The molecule has 1 aromatic carbocycles. The number of hydrogen-bond acceptors (Lipinski definition) is 2. The van der Waals surface area contributed by atoms with Gasteiger partial charge < -0.3 is 0 Å². The van der Waals surface area contributed by atoms with Gasteiger partial charge in [0.1, 0.15) is 0 Å². The van der Waals surface area contributed by atoms with E-state index in [0.29, 0.717) is 28.5 Å². The Kier molecular flexibility index (Phi) is 6.30. The molecule has 0 aromatic heterocycles. The van der Waals surface area contributed by atoms with Crippen molar-refractivity contribution in [2.24, 2.45) is 5.92 Å². The van der Waals surface area contributed by atoms with Crippen LogP contribution in [0.5, 0.6) is 0 Å². The second-order valence-electron chi connectivity index (χ2n) is 4.55. The van der Waals surface area contributed by atoms with E-state index in [4.69, 9.17) is 11.6 Å². The van der Waals surface area contributed by atoms with Gasteiger partial charge in [-0.2, -0.15) is 4.31 Å². The Balaban J connectivity index is 3.09. The number of sulfonamides is 1. The van der Waals surface area contributed by atoms with Crippen LogP contribution in [0.2, 0.25) is 5.02 Å². The summed E-state index contributed by atoms with van der Waals surface area (Å²) in [7, 11) is -3.45. The Morgan fingerprint density at radius 3 is 2.47 bits per heavy atom. The second-order valence-corrected chi connectivity index (χ2v) is 7.74. The molecule has 1 rings (SSSR count). The molecule has 0 heterocycles. The van der Waals surface area contributed by atoms with Gasteiger partial charge in [-0.1, -0.05) is 38.8 Å². The lowest BCUT2D eigenvalue weighted by Gasteiger charge is -2.23.